The largest absolute Gasteiger partial charge is 0.327 e. The Bertz CT molecular complexity index is 498. The highest BCUT2D eigenvalue weighted by molar-refractivity contribution is 9.08. The van der Waals surface area contributed by atoms with Gasteiger partial charge in [0.2, 0.25) is 0 Å². The predicted octanol–water partition coefficient (Wildman–Crippen LogP) is 2.19. The maximum absolute atomic E-state index is 11.8. The van der Waals surface area contributed by atoms with Gasteiger partial charge in [-0.3, -0.25) is 9.89 Å². The molecule has 0 spiro atoms. The first-order valence-electron chi connectivity index (χ1n) is 5.12. The Morgan fingerprint density at radius 1 is 1.50 bits per heavy atom. The highest BCUT2D eigenvalue weighted by atomic mass is 79.9. The number of amidine groups is 1. The van der Waals surface area contributed by atoms with E-state index in [2.05, 4.69) is 26.2 Å². The fraction of sp³-hybridized carbons (Fsp3) is 0.273. The molecule has 0 aromatic heterocycles. The fourth-order valence-electron chi connectivity index (χ4n) is 2.03. The first kappa shape index (κ1) is 9.84. The van der Waals surface area contributed by atoms with E-state index in [9.17, 15) is 4.79 Å². The maximum Gasteiger partial charge on any atom is 0.327 e. The van der Waals surface area contributed by atoms with E-state index in [0.29, 0.717) is 13.1 Å². The molecule has 0 saturated heterocycles. The van der Waals surface area contributed by atoms with Crippen molar-refractivity contribution in [2.75, 3.05) is 18.4 Å². The number of benzene rings is 1. The van der Waals surface area contributed by atoms with Crippen molar-refractivity contribution in [3.63, 3.8) is 0 Å². The molecule has 0 saturated carbocycles. The number of anilines is 1. The Labute approximate surface area is 101 Å². The quantitative estimate of drug-likeness (QED) is 0.787. The number of carbonyl (C=O) groups is 1. The van der Waals surface area contributed by atoms with Crippen LogP contribution < -0.4 is 5.32 Å². The Morgan fingerprint density at radius 3 is 3.19 bits per heavy atom. The first-order chi connectivity index (χ1) is 7.79. The smallest absolute Gasteiger partial charge is 0.307 e. The number of amides is 2. The Balaban J connectivity index is 2.13. The molecule has 0 bridgehead atoms. The second-order valence-electron chi connectivity index (χ2n) is 3.80. The zero-order valence-corrected chi connectivity index (χ0v) is 10.1. The summed E-state index contributed by atoms with van der Waals surface area (Å²) in [4.78, 5) is 17.8. The molecule has 1 aromatic rings. The van der Waals surface area contributed by atoms with E-state index in [1.807, 2.05) is 18.2 Å². The van der Waals surface area contributed by atoms with Crippen LogP contribution in [0.5, 0.6) is 0 Å². The van der Waals surface area contributed by atoms with Crippen molar-refractivity contribution < 1.29 is 4.79 Å². The van der Waals surface area contributed by atoms with Crippen LogP contribution in [0, 0.1) is 0 Å². The van der Waals surface area contributed by atoms with Crippen molar-refractivity contribution in [1.29, 1.82) is 0 Å². The molecule has 2 aliphatic heterocycles. The van der Waals surface area contributed by atoms with Gasteiger partial charge in [0.1, 0.15) is 5.84 Å². The van der Waals surface area contributed by atoms with Gasteiger partial charge in [-0.15, -0.1) is 0 Å². The van der Waals surface area contributed by atoms with Gasteiger partial charge in [-0.25, -0.2) is 4.79 Å². The number of hydrogen-bond donors (Lipinski definition) is 1. The Hall–Kier alpha value is -1.36. The number of nitrogens with zero attached hydrogens (tertiary/aromatic N) is 2. The van der Waals surface area contributed by atoms with Gasteiger partial charge >= 0.3 is 6.03 Å². The summed E-state index contributed by atoms with van der Waals surface area (Å²) < 4.78 is 0. The Kier molecular flexibility index (Phi) is 2.21. The molecule has 1 N–H and O–H groups in total. The second kappa shape index (κ2) is 3.59. The van der Waals surface area contributed by atoms with Crippen LogP contribution in [0.1, 0.15) is 11.1 Å². The van der Waals surface area contributed by atoms with Crippen LogP contribution >= 0.6 is 15.9 Å². The number of carbonyl (C=O) groups excluding carboxylic acids is 1. The highest BCUT2D eigenvalue weighted by Gasteiger charge is 2.31. The number of aliphatic imine (C=N–C) groups is 1. The summed E-state index contributed by atoms with van der Waals surface area (Å²) in [7, 11) is 0. The van der Waals surface area contributed by atoms with Gasteiger partial charge in [0.15, 0.2) is 0 Å². The van der Waals surface area contributed by atoms with Crippen LogP contribution in [0.2, 0.25) is 0 Å². The molecule has 0 radical (unpaired) electrons. The number of alkyl halides is 1. The topological polar surface area (TPSA) is 44.7 Å². The fourth-order valence-corrected chi connectivity index (χ4v) is 2.38. The number of halogens is 1. The summed E-state index contributed by atoms with van der Waals surface area (Å²) in [6.45, 7) is 1.38. The molecule has 0 atom stereocenters. The number of hydrogen-bond acceptors (Lipinski definition) is 2. The third kappa shape index (κ3) is 1.35. The van der Waals surface area contributed by atoms with E-state index in [0.717, 1.165) is 28.0 Å². The van der Waals surface area contributed by atoms with E-state index >= 15 is 0 Å². The van der Waals surface area contributed by atoms with E-state index in [-0.39, 0.29) is 6.03 Å². The molecule has 0 aliphatic carbocycles. The van der Waals surface area contributed by atoms with Crippen LogP contribution in [0.15, 0.2) is 23.2 Å². The van der Waals surface area contributed by atoms with Gasteiger partial charge in [0, 0.05) is 17.4 Å². The maximum atomic E-state index is 11.8. The molecule has 3 rings (SSSR count). The SMILES string of the molecule is O=C1Nc2cc(CBr)ccc2C2=NCCN12. The van der Waals surface area contributed by atoms with Gasteiger partial charge < -0.3 is 5.32 Å². The number of urea groups is 1. The lowest BCUT2D eigenvalue weighted by Crippen LogP contribution is -2.42. The van der Waals surface area contributed by atoms with Crippen molar-refractivity contribution in [3.8, 4) is 0 Å². The molecule has 16 heavy (non-hydrogen) atoms. The van der Waals surface area contributed by atoms with Crippen molar-refractivity contribution >= 4 is 33.5 Å². The van der Waals surface area contributed by atoms with Crippen LogP contribution in [-0.2, 0) is 5.33 Å². The standard InChI is InChI=1S/C11H10BrN3O/c12-6-7-1-2-8-9(5-7)14-11(16)15-4-3-13-10(8)15/h1-2,5H,3-4,6H2,(H,14,16). The van der Waals surface area contributed by atoms with Gasteiger partial charge in [0.05, 0.1) is 12.2 Å². The summed E-state index contributed by atoms with van der Waals surface area (Å²) in [5, 5.41) is 3.68. The lowest BCUT2D eigenvalue weighted by molar-refractivity contribution is 0.235. The molecule has 0 fully saturated rings. The lowest BCUT2D eigenvalue weighted by Gasteiger charge is -2.26. The number of rotatable bonds is 1. The van der Waals surface area contributed by atoms with E-state index in [1.165, 1.54) is 0 Å². The lowest BCUT2D eigenvalue weighted by atomic mass is 10.1. The minimum Gasteiger partial charge on any atom is -0.307 e. The monoisotopic (exact) mass is 279 g/mol. The molecule has 5 heteroatoms. The summed E-state index contributed by atoms with van der Waals surface area (Å²) in [6.07, 6.45) is 0. The van der Waals surface area contributed by atoms with Crippen LogP contribution in [-0.4, -0.2) is 29.9 Å². The van der Waals surface area contributed by atoms with Gasteiger partial charge in [-0.2, -0.15) is 0 Å². The highest BCUT2D eigenvalue weighted by Crippen LogP contribution is 2.27. The van der Waals surface area contributed by atoms with E-state index in [1.54, 1.807) is 4.90 Å². The molecular formula is C11H10BrN3O. The van der Waals surface area contributed by atoms with Crippen LogP contribution in [0.25, 0.3) is 0 Å². The summed E-state index contributed by atoms with van der Waals surface area (Å²) in [5.41, 5.74) is 3.02. The Morgan fingerprint density at radius 2 is 2.38 bits per heavy atom. The number of fused-ring (bicyclic) bond motifs is 3. The normalized spacial score (nSPS) is 17.7. The minimum atomic E-state index is -0.0736. The van der Waals surface area contributed by atoms with Crippen LogP contribution in [0.4, 0.5) is 10.5 Å². The third-order valence-electron chi connectivity index (χ3n) is 2.81. The average Bonchev–Trinajstić information content (AvgIpc) is 2.78. The van der Waals surface area contributed by atoms with Gasteiger partial charge in [-0.05, 0) is 17.7 Å². The zero-order chi connectivity index (χ0) is 11.1. The third-order valence-corrected chi connectivity index (χ3v) is 3.45. The molecule has 2 aliphatic rings. The van der Waals surface area contributed by atoms with Crippen molar-refractivity contribution in [2.45, 2.75) is 5.33 Å². The predicted molar refractivity (Wildman–Crippen MR) is 66.2 cm³/mol. The molecule has 2 heterocycles. The van der Waals surface area contributed by atoms with Crippen molar-refractivity contribution in [2.24, 2.45) is 4.99 Å². The van der Waals surface area contributed by atoms with Gasteiger partial charge in [-0.1, -0.05) is 22.0 Å². The van der Waals surface area contributed by atoms with E-state index < -0.39 is 0 Å². The molecule has 82 valence electrons. The zero-order valence-electron chi connectivity index (χ0n) is 8.53. The molecule has 0 unspecified atom stereocenters. The van der Waals surface area contributed by atoms with Gasteiger partial charge in [0.25, 0.3) is 0 Å². The average molecular weight is 280 g/mol. The molecule has 4 nitrogen and oxygen atoms in total. The first-order valence-corrected chi connectivity index (χ1v) is 6.24. The summed E-state index contributed by atoms with van der Waals surface area (Å²) >= 11 is 3.40. The number of nitrogens with one attached hydrogen (secondary N) is 1. The van der Waals surface area contributed by atoms with Crippen molar-refractivity contribution in [3.05, 3.63) is 29.3 Å². The minimum absolute atomic E-state index is 0.0736. The second-order valence-corrected chi connectivity index (χ2v) is 4.36. The van der Waals surface area contributed by atoms with E-state index in [4.69, 9.17) is 0 Å². The van der Waals surface area contributed by atoms with Crippen molar-refractivity contribution in [1.82, 2.24) is 4.90 Å². The summed E-state index contributed by atoms with van der Waals surface area (Å²) in [5.74, 6) is 0.805. The summed E-state index contributed by atoms with van der Waals surface area (Å²) in [6, 6.07) is 5.97. The van der Waals surface area contributed by atoms with Crippen LogP contribution in [0.3, 0.4) is 0 Å². The molecule has 1 aromatic carbocycles. The molecule has 2 amide bonds. The molecular weight excluding hydrogens is 270 g/mol.